The highest BCUT2D eigenvalue weighted by Crippen LogP contribution is 2.57. The van der Waals surface area contributed by atoms with E-state index in [1.807, 2.05) is 0 Å². The van der Waals surface area contributed by atoms with E-state index >= 15 is 0 Å². The van der Waals surface area contributed by atoms with Crippen LogP contribution >= 0.6 is 0 Å². The molecule has 4 aromatic heterocycles. The minimum atomic E-state index is 0.0242. The van der Waals surface area contributed by atoms with Crippen LogP contribution in [0.4, 0.5) is 0 Å². The van der Waals surface area contributed by atoms with Crippen molar-refractivity contribution < 1.29 is 17.7 Å². The van der Waals surface area contributed by atoms with Gasteiger partial charge in [-0.2, -0.15) is 0 Å². The number of furan rings is 4. The van der Waals surface area contributed by atoms with Crippen LogP contribution in [0, 0.1) is 55.4 Å². The Balaban J connectivity index is 0.000000150. The molecule has 0 unspecified atom stereocenters. The average Bonchev–Trinajstić information content (AvgIpc) is 1.42. The Morgan fingerprint density at radius 3 is 0.750 bits per heavy atom. The van der Waals surface area contributed by atoms with Crippen molar-refractivity contribution in [2.45, 2.75) is 160 Å². The normalized spacial score (nSPS) is 12.7. The predicted octanol–water partition coefficient (Wildman–Crippen LogP) is 37.8. The first-order valence-corrected chi connectivity index (χ1v) is 47.0. The lowest BCUT2D eigenvalue weighted by atomic mass is 9.82. The van der Waals surface area contributed by atoms with E-state index in [2.05, 4.69) is 430 Å². The average molecular weight is 1710 g/mol. The van der Waals surface area contributed by atoms with Crippen molar-refractivity contribution in [3.8, 4) is 89.0 Å². The summed E-state index contributed by atoms with van der Waals surface area (Å²) in [5.41, 5.74) is 41.8. The zero-order valence-electron chi connectivity index (χ0n) is 79.3. The van der Waals surface area contributed by atoms with Crippen molar-refractivity contribution >= 4 is 152 Å². The van der Waals surface area contributed by atoms with E-state index < -0.39 is 0 Å². The van der Waals surface area contributed by atoms with Gasteiger partial charge >= 0.3 is 0 Å². The second-order valence-electron chi connectivity index (χ2n) is 42.1. The molecule has 0 aliphatic rings. The van der Waals surface area contributed by atoms with Gasteiger partial charge in [0.05, 0.1) is 0 Å². The molecule has 644 valence electrons. The Bertz CT molecular complexity index is 8340. The van der Waals surface area contributed by atoms with Crippen LogP contribution < -0.4 is 0 Å². The van der Waals surface area contributed by atoms with Gasteiger partial charge in [-0.05, 0) is 293 Å². The van der Waals surface area contributed by atoms with Crippen molar-refractivity contribution in [1.82, 2.24) is 0 Å². The Labute approximate surface area is 771 Å². The number of fused-ring (bicyclic) bond motifs is 16. The maximum Gasteiger partial charge on any atom is 0.143 e. The maximum atomic E-state index is 7.40. The molecular weight excluding hydrogens is 1600 g/mol. The lowest BCUT2D eigenvalue weighted by Crippen LogP contribution is -2.10. The first-order chi connectivity index (χ1) is 63.3. The van der Waals surface area contributed by atoms with Gasteiger partial charge in [-0.25, -0.2) is 0 Å². The standard InChI is InChI=1S/2C64H54O2/c1-35-15-11-16-36(2)51(35)45-19-13-21-47-57-53(39-23-27-41(28-24-39)63(5,6)7)43-32-34-50-56-44(31-33-49(55(43)56)61(57)65-59(45)47)54(40-25-29-42(30-26-40)64(8,9)10)58-48-22-14-20-46(60(48)66-62(50)58)52-37(3)17-12-18-38(52)4;1-35-13-11-14-36(2)57(35)41-21-27-55-47(29-41)51-33-49-45(39-17-23-43(24-18-39)63(5,6)7)32-54-60-50(46(31-53(59(49)60)61(51)65-55)40-19-25-44(26-20-40)64(8,9)10)34-52-48-30-42(22-28-56(48)66-62(52)54)58-37(3)15-12-16-38(58)4/h2*11-34H,1-10H3. The number of hydrogen-bond donors (Lipinski definition) is 0. The highest BCUT2D eigenvalue weighted by Gasteiger charge is 2.33. The molecule has 0 amide bonds. The molecule has 0 radical (unpaired) electrons. The predicted molar refractivity (Wildman–Crippen MR) is 566 cm³/mol. The first kappa shape index (κ1) is 82.1. The van der Waals surface area contributed by atoms with Crippen LogP contribution in [-0.2, 0) is 21.7 Å². The lowest BCUT2D eigenvalue weighted by molar-refractivity contribution is 0.590. The smallest absolute Gasteiger partial charge is 0.143 e. The van der Waals surface area contributed by atoms with Crippen molar-refractivity contribution in [3.63, 3.8) is 0 Å². The van der Waals surface area contributed by atoms with Gasteiger partial charge in [-0.15, -0.1) is 0 Å². The van der Waals surface area contributed by atoms with Crippen molar-refractivity contribution in [1.29, 1.82) is 0 Å². The fourth-order valence-electron chi connectivity index (χ4n) is 22.6. The molecule has 24 rings (SSSR count). The zero-order chi connectivity index (χ0) is 91.1. The summed E-state index contributed by atoms with van der Waals surface area (Å²) in [6.07, 6.45) is 0. The Morgan fingerprint density at radius 1 is 0.159 bits per heavy atom. The summed E-state index contributed by atoms with van der Waals surface area (Å²) in [6.45, 7) is 45.1. The molecule has 0 N–H and O–H groups in total. The number of para-hydroxylation sites is 2. The molecule has 0 atom stereocenters. The molecule has 0 saturated carbocycles. The third kappa shape index (κ3) is 12.7. The molecule has 20 aromatic carbocycles. The molecule has 0 aliphatic heterocycles. The van der Waals surface area contributed by atoms with Gasteiger partial charge in [0.15, 0.2) is 0 Å². The second-order valence-corrected chi connectivity index (χ2v) is 42.1. The van der Waals surface area contributed by atoms with Crippen LogP contribution in [0.2, 0.25) is 0 Å². The highest BCUT2D eigenvalue weighted by atomic mass is 16.3. The van der Waals surface area contributed by atoms with Crippen molar-refractivity contribution in [2.24, 2.45) is 0 Å². The summed E-state index contributed by atoms with van der Waals surface area (Å²) < 4.78 is 29.0. The van der Waals surface area contributed by atoms with Gasteiger partial charge in [0.25, 0.3) is 0 Å². The van der Waals surface area contributed by atoms with E-state index in [0.29, 0.717) is 0 Å². The molecule has 4 heteroatoms. The summed E-state index contributed by atoms with van der Waals surface area (Å²) in [5, 5.41) is 23.1. The van der Waals surface area contributed by atoms with Gasteiger partial charge in [-0.3, -0.25) is 0 Å². The molecular formula is C128H108O4. The first-order valence-electron chi connectivity index (χ1n) is 47.0. The molecule has 4 heterocycles. The van der Waals surface area contributed by atoms with E-state index in [1.54, 1.807) is 0 Å². The largest absolute Gasteiger partial charge is 0.455 e. The summed E-state index contributed by atoms with van der Waals surface area (Å²) in [6, 6.07) is 109. The topological polar surface area (TPSA) is 52.6 Å². The van der Waals surface area contributed by atoms with Crippen molar-refractivity contribution in [3.05, 3.63) is 358 Å². The third-order valence-electron chi connectivity index (χ3n) is 29.4. The number of benzene rings is 20. The molecule has 4 nitrogen and oxygen atoms in total. The van der Waals surface area contributed by atoms with Crippen LogP contribution in [0.15, 0.2) is 309 Å². The summed E-state index contributed by atoms with van der Waals surface area (Å²) in [4.78, 5) is 0. The molecule has 0 spiro atoms. The highest BCUT2D eigenvalue weighted by molar-refractivity contribution is 6.42. The van der Waals surface area contributed by atoms with E-state index in [-0.39, 0.29) is 21.7 Å². The molecule has 0 saturated heterocycles. The van der Waals surface area contributed by atoms with E-state index in [4.69, 9.17) is 17.7 Å². The van der Waals surface area contributed by atoms with Gasteiger partial charge in [0, 0.05) is 108 Å². The second kappa shape index (κ2) is 29.6. The minimum Gasteiger partial charge on any atom is -0.455 e. The molecule has 0 bridgehead atoms. The van der Waals surface area contributed by atoms with Crippen LogP contribution in [0.1, 0.15) is 150 Å². The number of hydrogen-bond acceptors (Lipinski definition) is 4. The Hall–Kier alpha value is -14.3. The molecule has 24 aromatic rings. The Kier molecular flexibility index (Phi) is 18.4. The van der Waals surface area contributed by atoms with E-state index in [1.165, 1.54) is 188 Å². The van der Waals surface area contributed by atoms with Gasteiger partial charge < -0.3 is 17.7 Å². The van der Waals surface area contributed by atoms with Crippen LogP contribution in [0.25, 0.3) is 241 Å². The molecule has 0 aliphatic carbocycles. The van der Waals surface area contributed by atoms with Crippen molar-refractivity contribution in [2.75, 3.05) is 0 Å². The van der Waals surface area contributed by atoms with E-state index in [9.17, 15) is 0 Å². The molecule has 132 heavy (non-hydrogen) atoms. The molecule has 0 fully saturated rings. The number of rotatable bonds is 8. The quantitative estimate of drug-likeness (QED) is 0.142. The summed E-state index contributed by atoms with van der Waals surface area (Å²) in [7, 11) is 0. The number of aryl methyl sites for hydroxylation is 8. The SMILES string of the molecule is Cc1cccc(C)c1-c1ccc2oc3c(cc4c(-c5ccc(C(C)(C)C)cc5)cc5c6oc7ccc(-c8c(C)cccc8C)cc7c6cc6c(-c7ccc(C(C)(C)C)cc7)cc3c4c65)c2c1.Cc1cccc(C)c1-c1cccc2c1oc1c3ccc4c(-c5ccc(C(C)(C)C)cc5)c5c6cccc(-c7c(C)cccc7C)c6oc5c5ccc(c(-c6ccc(C(C)(C)C)cc6)c21)c3c45. The summed E-state index contributed by atoms with van der Waals surface area (Å²) in [5.74, 6) is 0. The fourth-order valence-corrected chi connectivity index (χ4v) is 22.6. The maximum absolute atomic E-state index is 7.40. The zero-order valence-corrected chi connectivity index (χ0v) is 79.3. The minimum absolute atomic E-state index is 0.0242. The third-order valence-corrected chi connectivity index (χ3v) is 29.4. The van der Waals surface area contributed by atoms with Gasteiger partial charge in [-0.1, -0.05) is 314 Å². The Morgan fingerprint density at radius 2 is 0.432 bits per heavy atom. The van der Waals surface area contributed by atoms with E-state index in [0.717, 1.165) is 120 Å². The monoisotopic (exact) mass is 1710 g/mol. The van der Waals surface area contributed by atoms with Crippen LogP contribution in [0.5, 0.6) is 0 Å². The lowest BCUT2D eigenvalue weighted by Gasteiger charge is -2.21. The van der Waals surface area contributed by atoms with Gasteiger partial charge in [0.1, 0.15) is 44.7 Å². The van der Waals surface area contributed by atoms with Crippen LogP contribution in [-0.4, -0.2) is 0 Å². The fraction of sp³-hybridized carbons (Fsp3) is 0.188. The van der Waals surface area contributed by atoms with Crippen LogP contribution in [0.3, 0.4) is 0 Å². The summed E-state index contributed by atoms with van der Waals surface area (Å²) >= 11 is 0. The van der Waals surface area contributed by atoms with Gasteiger partial charge in [0.2, 0.25) is 0 Å².